The highest BCUT2D eigenvalue weighted by atomic mass is 32.1. The van der Waals surface area contributed by atoms with Crippen LogP contribution >= 0.6 is 11.3 Å². The molecule has 0 spiro atoms. The van der Waals surface area contributed by atoms with Gasteiger partial charge in [0.15, 0.2) is 0 Å². The summed E-state index contributed by atoms with van der Waals surface area (Å²) in [5.41, 5.74) is 2.04. The first kappa shape index (κ1) is 20.6. The minimum absolute atomic E-state index is 0.153. The lowest BCUT2D eigenvalue weighted by atomic mass is 9.88. The Morgan fingerprint density at radius 3 is 2.62 bits per heavy atom. The zero-order valence-corrected chi connectivity index (χ0v) is 17.0. The highest BCUT2D eigenvalue weighted by Gasteiger charge is 2.29. The molecule has 0 bridgehead atoms. The van der Waals surface area contributed by atoms with E-state index in [4.69, 9.17) is 10.00 Å². The van der Waals surface area contributed by atoms with E-state index in [9.17, 15) is 14.4 Å². The molecule has 1 aliphatic carbocycles. The van der Waals surface area contributed by atoms with E-state index in [-0.39, 0.29) is 12.5 Å². The van der Waals surface area contributed by atoms with Crippen molar-refractivity contribution in [2.75, 3.05) is 11.9 Å². The van der Waals surface area contributed by atoms with E-state index in [1.165, 1.54) is 11.3 Å². The maximum absolute atomic E-state index is 12.8. The molecule has 7 nitrogen and oxygen atoms in total. The number of benzene rings is 1. The molecule has 0 fully saturated rings. The maximum atomic E-state index is 12.8. The standard InChI is InChI=1S/C21H21N3O4S/c1-3-28-21(27)24-19(26)17-15-9-4-12(2)10-16(15)29-20(17)23-18(25)14-7-5-13(11-22)6-8-14/h5-8,12H,3-4,9-10H2,1-2H3,(H,23,25)(H,24,26,27)/t12-/m1/s1. The van der Waals surface area contributed by atoms with Crippen molar-refractivity contribution in [3.63, 3.8) is 0 Å². The highest BCUT2D eigenvalue weighted by molar-refractivity contribution is 7.17. The molecule has 2 N–H and O–H groups in total. The molecular weight excluding hydrogens is 390 g/mol. The first-order valence-corrected chi connectivity index (χ1v) is 10.2. The summed E-state index contributed by atoms with van der Waals surface area (Å²) in [6.07, 6.45) is 1.66. The predicted octanol–water partition coefficient (Wildman–Crippen LogP) is 3.88. The Hall–Kier alpha value is -3.18. The van der Waals surface area contributed by atoms with Crippen molar-refractivity contribution in [1.82, 2.24) is 5.32 Å². The van der Waals surface area contributed by atoms with Crippen molar-refractivity contribution >= 4 is 34.2 Å². The minimum atomic E-state index is -0.814. The molecule has 150 valence electrons. The molecule has 1 atom stereocenters. The Bertz CT molecular complexity index is 989. The second-order valence-corrected chi connectivity index (χ2v) is 7.98. The van der Waals surface area contributed by atoms with Gasteiger partial charge in [-0.1, -0.05) is 6.92 Å². The van der Waals surface area contributed by atoms with Crippen molar-refractivity contribution in [3.8, 4) is 6.07 Å². The van der Waals surface area contributed by atoms with Gasteiger partial charge in [-0.05, 0) is 61.9 Å². The number of nitrogens with one attached hydrogen (secondary N) is 2. The number of amides is 3. The molecule has 8 heteroatoms. The number of nitrogens with zero attached hydrogens (tertiary/aromatic N) is 1. The molecule has 0 unspecified atom stereocenters. The monoisotopic (exact) mass is 411 g/mol. The van der Waals surface area contributed by atoms with E-state index in [0.717, 1.165) is 23.3 Å². The topological polar surface area (TPSA) is 108 Å². The predicted molar refractivity (Wildman–Crippen MR) is 109 cm³/mol. The van der Waals surface area contributed by atoms with Gasteiger partial charge in [0.1, 0.15) is 5.00 Å². The third kappa shape index (κ3) is 4.63. The van der Waals surface area contributed by atoms with Crippen molar-refractivity contribution < 1.29 is 19.1 Å². The number of ether oxygens (including phenoxy) is 1. The number of alkyl carbamates (subject to hydrolysis) is 1. The molecule has 0 aliphatic heterocycles. The van der Waals surface area contributed by atoms with E-state index in [2.05, 4.69) is 17.6 Å². The van der Waals surface area contributed by atoms with Crippen molar-refractivity contribution in [2.24, 2.45) is 5.92 Å². The number of nitriles is 1. The van der Waals surface area contributed by atoms with Crippen molar-refractivity contribution in [2.45, 2.75) is 33.1 Å². The normalized spacial score (nSPS) is 15.0. The summed E-state index contributed by atoms with van der Waals surface area (Å²) in [6, 6.07) is 8.24. The number of rotatable bonds is 4. The molecule has 3 amide bonds. The lowest BCUT2D eigenvalue weighted by molar-refractivity contribution is 0.0925. The smallest absolute Gasteiger partial charge is 0.414 e. The SMILES string of the molecule is CCOC(=O)NC(=O)c1c(NC(=O)c2ccc(C#N)cc2)sc2c1CC[C@@H](C)C2. The van der Waals surface area contributed by atoms with Crippen LogP contribution in [0.1, 0.15) is 57.0 Å². The third-order valence-electron chi connectivity index (χ3n) is 4.73. The molecule has 0 radical (unpaired) electrons. The Kier molecular flexibility index (Phi) is 6.29. The summed E-state index contributed by atoms with van der Waals surface area (Å²) < 4.78 is 4.80. The zero-order valence-electron chi connectivity index (χ0n) is 16.2. The molecule has 1 aromatic heterocycles. The van der Waals surface area contributed by atoms with Gasteiger partial charge in [-0.2, -0.15) is 5.26 Å². The summed E-state index contributed by atoms with van der Waals surface area (Å²) in [5.74, 6) is -0.471. The van der Waals surface area contributed by atoms with Gasteiger partial charge in [-0.15, -0.1) is 11.3 Å². The van der Waals surface area contributed by atoms with Crippen LogP contribution in [0, 0.1) is 17.2 Å². The Morgan fingerprint density at radius 2 is 1.97 bits per heavy atom. The molecule has 3 rings (SSSR count). The molecule has 1 heterocycles. The van der Waals surface area contributed by atoms with Crippen LogP contribution in [0.15, 0.2) is 24.3 Å². The van der Waals surface area contributed by atoms with E-state index in [0.29, 0.717) is 34.0 Å². The molecule has 0 saturated heterocycles. The molecule has 1 aromatic carbocycles. The van der Waals surface area contributed by atoms with Crippen LogP contribution in [0.3, 0.4) is 0 Å². The number of carbonyl (C=O) groups is 3. The molecule has 1 aliphatic rings. The summed E-state index contributed by atoms with van der Waals surface area (Å²) in [7, 11) is 0. The van der Waals surface area contributed by atoms with Crippen molar-refractivity contribution in [1.29, 1.82) is 5.26 Å². The number of hydrogen-bond acceptors (Lipinski definition) is 6. The number of imide groups is 1. The largest absolute Gasteiger partial charge is 0.450 e. The van der Waals surface area contributed by atoms with E-state index >= 15 is 0 Å². The highest BCUT2D eigenvalue weighted by Crippen LogP contribution is 2.39. The van der Waals surface area contributed by atoms with E-state index in [1.807, 2.05) is 6.07 Å². The van der Waals surface area contributed by atoms with Crippen LogP contribution in [-0.4, -0.2) is 24.5 Å². The Balaban J connectivity index is 1.90. The van der Waals surface area contributed by atoms with Gasteiger partial charge in [0.05, 0.1) is 23.8 Å². The summed E-state index contributed by atoms with van der Waals surface area (Å²) >= 11 is 1.37. The van der Waals surface area contributed by atoms with Gasteiger partial charge in [-0.25, -0.2) is 4.79 Å². The van der Waals surface area contributed by atoms with Crippen LogP contribution in [0.25, 0.3) is 0 Å². The van der Waals surface area contributed by atoms with Gasteiger partial charge in [-0.3, -0.25) is 14.9 Å². The van der Waals surface area contributed by atoms with Crippen LogP contribution in [0.5, 0.6) is 0 Å². The first-order chi connectivity index (χ1) is 13.9. The lowest BCUT2D eigenvalue weighted by Gasteiger charge is -2.18. The summed E-state index contributed by atoms with van der Waals surface area (Å²) in [5, 5.41) is 14.3. The minimum Gasteiger partial charge on any atom is -0.450 e. The first-order valence-electron chi connectivity index (χ1n) is 9.37. The van der Waals surface area contributed by atoms with Crippen molar-refractivity contribution in [3.05, 3.63) is 51.4 Å². The van der Waals surface area contributed by atoms with E-state index < -0.39 is 12.0 Å². The second kappa shape index (κ2) is 8.88. The van der Waals surface area contributed by atoms with Gasteiger partial charge >= 0.3 is 6.09 Å². The number of hydrogen-bond donors (Lipinski definition) is 2. The fourth-order valence-electron chi connectivity index (χ4n) is 3.27. The Morgan fingerprint density at radius 1 is 1.24 bits per heavy atom. The maximum Gasteiger partial charge on any atom is 0.414 e. The fraction of sp³-hybridized carbons (Fsp3) is 0.333. The van der Waals surface area contributed by atoms with Gasteiger partial charge in [0.25, 0.3) is 11.8 Å². The van der Waals surface area contributed by atoms with Gasteiger partial charge in [0.2, 0.25) is 0 Å². The molecular formula is C21H21N3O4S. The van der Waals surface area contributed by atoms with Crippen LogP contribution in [0.2, 0.25) is 0 Å². The van der Waals surface area contributed by atoms with Crippen LogP contribution in [0.4, 0.5) is 9.80 Å². The van der Waals surface area contributed by atoms with Gasteiger partial charge < -0.3 is 10.1 Å². The molecule has 0 saturated carbocycles. The lowest BCUT2D eigenvalue weighted by Crippen LogP contribution is -2.32. The number of fused-ring (bicyclic) bond motifs is 1. The van der Waals surface area contributed by atoms with E-state index in [1.54, 1.807) is 31.2 Å². The van der Waals surface area contributed by atoms with Crippen LogP contribution in [-0.2, 0) is 17.6 Å². The van der Waals surface area contributed by atoms with Crippen LogP contribution < -0.4 is 10.6 Å². The summed E-state index contributed by atoms with van der Waals surface area (Å²) in [6.45, 7) is 3.96. The quantitative estimate of drug-likeness (QED) is 0.794. The zero-order chi connectivity index (χ0) is 21.0. The third-order valence-corrected chi connectivity index (χ3v) is 5.90. The fourth-order valence-corrected chi connectivity index (χ4v) is 4.68. The molecule has 29 heavy (non-hydrogen) atoms. The average Bonchev–Trinajstić information content (AvgIpc) is 3.04. The second-order valence-electron chi connectivity index (χ2n) is 6.87. The van der Waals surface area contributed by atoms with Gasteiger partial charge in [0, 0.05) is 10.4 Å². The average molecular weight is 411 g/mol. The number of thiophene rings is 1. The number of carbonyl (C=O) groups excluding carboxylic acids is 3. The summed E-state index contributed by atoms with van der Waals surface area (Å²) in [4.78, 5) is 38.2. The number of anilines is 1. The molecule has 2 aromatic rings. The Labute approximate surface area is 172 Å².